The molecule has 0 fully saturated rings. The van der Waals surface area contributed by atoms with Crippen LogP contribution in [-0.4, -0.2) is 24.6 Å². The number of rotatable bonds is 14. The highest BCUT2D eigenvalue weighted by Gasteiger charge is 2.13. The third kappa shape index (κ3) is 14.3. The van der Waals surface area contributed by atoms with Gasteiger partial charge in [-0.05, 0) is 25.7 Å². The van der Waals surface area contributed by atoms with Gasteiger partial charge in [0.2, 0.25) is 0 Å². The van der Waals surface area contributed by atoms with Gasteiger partial charge in [0.25, 0.3) is 0 Å². The van der Waals surface area contributed by atoms with Crippen LogP contribution in [0.4, 0.5) is 0 Å². The van der Waals surface area contributed by atoms with Crippen molar-refractivity contribution in [2.24, 2.45) is 5.92 Å². The van der Waals surface area contributed by atoms with E-state index in [4.69, 9.17) is 9.47 Å². The van der Waals surface area contributed by atoms with Gasteiger partial charge in [0.05, 0.1) is 25.6 Å². The number of hydrogen-bond acceptors (Lipinski definition) is 4. The minimum atomic E-state index is -0.314. The molecule has 0 aliphatic heterocycles. The maximum atomic E-state index is 11.7. The molecule has 2 atom stereocenters. The summed E-state index contributed by atoms with van der Waals surface area (Å²) in [5.41, 5.74) is 0. The SMILES string of the molecule is CCCCCCCCC(C)OC(=O)CCC(=O)OCC(C)CC. The van der Waals surface area contributed by atoms with Gasteiger partial charge in [0.1, 0.15) is 0 Å². The Morgan fingerprint density at radius 2 is 1.48 bits per heavy atom. The number of carbonyl (C=O) groups excluding carboxylic acids is 2. The van der Waals surface area contributed by atoms with Crippen molar-refractivity contribution in [3.05, 3.63) is 0 Å². The first-order chi connectivity index (χ1) is 11.0. The molecule has 0 aromatic heterocycles. The third-order valence-electron chi connectivity index (χ3n) is 4.06. The first-order valence-electron chi connectivity index (χ1n) is 9.34. The number of esters is 2. The van der Waals surface area contributed by atoms with E-state index in [-0.39, 0.29) is 30.9 Å². The molecule has 0 bridgehead atoms. The Labute approximate surface area is 142 Å². The van der Waals surface area contributed by atoms with Gasteiger partial charge in [-0.3, -0.25) is 9.59 Å². The quantitative estimate of drug-likeness (QED) is 0.331. The molecule has 0 saturated carbocycles. The molecule has 4 nitrogen and oxygen atoms in total. The standard InChI is InChI=1S/C19H36O4/c1-5-7-8-9-10-11-12-17(4)23-19(21)14-13-18(20)22-15-16(3)6-2/h16-17H,5-15H2,1-4H3. The van der Waals surface area contributed by atoms with Crippen LogP contribution in [0, 0.1) is 5.92 Å². The van der Waals surface area contributed by atoms with Gasteiger partial charge in [-0.15, -0.1) is 0 Å². The molecule has 23 heavy (non-hydrogen) atoms. The lowest BCUT2D eigenvalue weighted by Gasteiger charge is -2.13. The molecule has 0 aromatic carbocycles. The molecule has 0 rings (SSSR count). The molecule has 0 spiro atoms. The van der Waals surface area contributed by atoms with Crippen LogP contribution in [0.3, 0.4) is 0 Å². The Kier molecular flexibility index (Phi) is 13.9. The smallest absolute Gasteiger partial charge is 0.306 e. The van der Waals surface area contributed by atoms with Crippen molar-refractivity contribution in [3.8, 4) is 0 Å². The van der Waals surface area contributed by atoms with Gasteiger partial charge in [-0.25, -0.2) is 0 Å². The molecule has 0 saturated heterocycles. The first kappa shape index (κ1) is 21.9. The maximum absolute atomic E-state index is 11.7. The van der Waals surface area contributed by atoms with Crippen LogP contribution in [0.1, 0.15) is 91.9 Å². The molecular formula is C19H36O4. The predicted octanol–water partition coefficient (Wildman–Crippen LogP) is 5.04. The second-order valence-corrected chi connectivity index (χ2v) is 6.55. The molecule has 0 aliphatic carbocycles. The molecular weight excluding hydrogens is 292 g/mol. The van der Waals surface area contributed by atoms with Crippen molar-refractivity contribution in [2.45, 2.75) is 98.0 Å². The van der Waals surface area contributed by atoms with Crippen LogP contribution in [0.25, 0.3) is 0 Å². The minimum Gasteiger partial charge on any atom is -0.465 e. The van der Waals surface area contributed by atoms with Crippen LogP contribution >= 0.6 is 0 Å². The van der Waals surface area contributed by atoms with E-state index in [0.717, 1.165) is 19.3 Å². The fourth-order valence-corrected chi connectivity index (χ4v) is 2.18. The summed E-state index contributed by atoms with van der Waals surface area (Å²) >= 11 is 0. The number of carbonyl (C=O) groups is 2. The van der Waals surface area contributed by atoms with Crippen LogP contribution in [0.5, 0.6) is 0 Å². The highest BCUT2D eigenvalue weighted by molar-refractivity contribution is 5.77. The molecule has 0 aromatic rings. The maximum Gasteiger partial charge on any atom is 0.306 e. The third-order valence-corrected chi connectivity index (χ3v) is 4.06. The van der Waals surface area contributed by atoms with Gasteiger partial charge >= 0.3 is 11.9 Å². The van der Waals surface area contributed by atoms with E-state index >= 15 is 0 Å². The van der Waals surface area contributed by atoms with Crippen molar-refractivity contribution >= 4 is 11.9 Å². The van der Waals surface area contributed by atoms with E-state index in [1.807, 2.05) is 13.8 Å². The lowest BCUT2D eigenvalue weighted by atomic mass is 10.1. The largest absolute Gasteiger partial charge is 0.465 e. The van der Waals surface area contributed by atoms with E-state index in [0.29, 0.717) is 12.5 Å². The van der Waals surface area contributed by atoms with Crippen molar-refractivity contribution in [3.63, 3.8) is 0 Å². The lowest BCUT2D eigenvalue weighted by molar-refractivity contribution is -0.153. The fourth-order valence-electron chi connectivity index (χ4n) is 2.18. The zero-order valence-electron chi connectivity index (χ0n) is 15.6. The van der Waals surface area contributed by atoms with Gasteiger partial charge in [-0.2, -0.15) is 0 Å². The average Bonchev–Trinajstić information content (AvgIpc) is 2.53. The number of unbranched alkanes of at least 4 members (excludes halogenated alkanes) is 5. The monoisotopic (exact) mass is 328 g/mol. The van der Waals surface area contributed by atoms with Crippen LogP contribution in [-0.2, 0) is 19.1 Å². The summed E-state index contributed by atoms with van der Waals surface area (Å²) < 4.78 is 10.4. The number of ether oxygens (including phenoxy) is 2. The summed E-state index contributed by atoms with van der Waals surface area (Å²) in [6, 6.07) is 0. The summed E-state index contributed by atoms with van der Waals surface area (Å²) in [6.07, 6.45) is 9.44. The molecule has 0 aliphatic rings. The molecule has 136 valence electrons. The average molecular weight is 328 g/mol. The second kappa shape index (κ2) is 14.5. The van der Waals surface area contributed by atoms with E-state index in [9.17, 15) is 9.59 Å². The summed E-state index contributed by atoms with van der Waals surface area (Å²) in [4.78, 5) is 23.2. The van der Waals surface area contributed by atoms with Crippen LogP contribution in [0.15, 0.2) is 0 Å². The Morgan fingerprint density at radius 1 is 0.870 bits per heavy atom. The Morgan fingerprint density at radius 3 is 2.13 bits per heavy atom. The zero-order chi connectivity index (χ0) is 17.5. The van der Waals surface area contributed by atoms with Crippen LogP contribution in [0.2, 0.25) is 0 Å². The van der Waals surface area contributed by atoms with Gasteiger partial charge < -0.3 is 9.47 Å². The summed E-state index contributed by atoms with van der Waals surface area (Å²) in [6.45, 7) is 8.65. The Bertz CT molecular complexity index is 314. The van der Waals surface area contributed by atoms with E-state index in [1.54, 1.807) is 0 Å². The molecule has 0 N–H and O–H groups in total. The zero-order valence-corrected chi connectivity index (χ0v) is 15.6. The lowest BCUT2D eigenvalue weighted by Crippen LogP contribution is -2.17. The number of hydrogen-bond donors (Lipinski definition) is 0. The predicted molar refractivity (Wildman–Crippen MR) is 93.2 cm³/mol. The summed E-state index contributed by atoms with van der Waals surface area (Å²) in [5, 5.41) is 0. The van der Waals surface area contributed by atoms with Crippen molar-refractivity contribution in [1.29, 1.82) is 0 Å². The van der Waals surface area contributed by atoms with Gasteiger partial charge in [-0.1, -0.05) is 59.3 Å². The normalized spacial score (nSPS) is 13.4. The Balaban J connectivity index is 3.62. The first-order valence-corrected chi connectivity index (χ1v) is 9.34. The second-order valence-electron chi connectivity index (χ2n) is 6.55. The molecule has 0 amide bonds. The van der Waals surface area contributed by atoms with E-state index < -0.39 is 0 Å². The van der Waals surface area contributed by atoms with Gasteiger partial charge in [0.15, 0.2) is 0 Å². The van der Waals surface area contributed by atoms with Gasteiger partial charge in [0, 0.05) is 0 Å². The molecule has 4 heteroatoms. The molecule has 0 radical (unpaired) electrons. The fraction of sp³-hybridized carbons (Fsp3) is 0.895. The molecule has 0 heterocycles. The van der Waals surface area contributed by atoms with Crippen molar-refractivity contribution in [2.75, 3.05) is 6.61 Å². The Hall–Kier alpha value is -1.06. The van der Waals surface area contributed by atoms with Crippen LogP contribution < -0.4 is 0 Å². The summed E-state index contributed by atoms with van der Waals surface area (Å²) in [5.74, 6) is -0.252. The minimum absolute atomic E-state index is 0.0650. The highest BCUT2D eigenvalue weighted by Crippen LogP contribution is 2.11. The topological polar surface area (TPSA) is 52.6 Å². The van der Waals surface area contributed by atoms with Crippen molar-refractivity contribution in [1.82, 2.24) is 0 Å². The highest BCUT2D eigenvalue weighted by atomic mass is 16.5. The summed E-state index contributed by atoms with van der Waals surface area (Å²) in [7, 11) is 0. The van der Waals surface area contributed by atoms with E-state index in [1.165, 1.54) is 32.1 Å². The van der Waals surface area contributed by atoms with E-state index in [2.05, 4.69) is 13.8 Å². The molecule has 2 unspecified atom stereocenters. The van der Waals surface area contributed by atoms with Crippen molar-refractivity contribution < 1.29 is 19.1 Å².